The third kappa shape index (κ3) is 2.39. The van der Waals surface area contributed by atoms with Crippen LogP contribution in [-0.2, 0) is 6.42 Å². The summed E-state index contributed by atoms with van der Waals surface area (Å²) in [6.07, 6.45) is 8.32. The molecule has 2 nitrogen and oxygen atoms in total. The van der Waals surface area contributed by atoms with E-state index >= 15 is 0 Å². The largest absolute Gasteiger partial charge is 0.497 e. The lowest BCUT2D eigenvalue weighted by Crippen LogP contribution is -2.40. The Morgan fingerprint density at radius 3 is 2.67 bits per heavy atom. The molecule has 2 heteroatoms. The van der Waals surface area contributed by atoms with Gasteiger partial charge in [-0.1, -0.05) is 18.6 Å². The maximum absolute atomic E-state index is 5.29. The highest BCUT2D eigenvalue weighted by Gasteiger charge is 2.35. The maximum Gasteiger partial charge on any atom is 0.119 e. The first-order chi connectivity index (χ1) is 8.86. The molecule has 0 radical (unpaired) electrons. The number of nitrogens with zero attached hydrogens (tertiary/aromatic N) is 1. The Morgan fingerprint density at radius 2 is 1.94 bits per heavy atom. The minimum atomic E-state index is 0.884. The normalized spacial score (nSPS) is 27.4. The molecule has 18 heavy (non-hydrogen) atoms. The summed E-state index contributed by atoms with van der Waals surface area (Å²) in [4.78, 5) is 2.77. The number of rotatable bonds is 4. The predicted octanol–water partition coefficient (Wildman–Crippen LogP) is 3.25. The number of piperidine rings is 1. The summed E-state index contributed by atoms with van der Waals surface area (Å²) < 4.78 is 5.29. The molecule has 0 aliphatic carbocycles. The van der Waals surface area contributed by atoms with Crippen molar-refractivity contribution in [3.8, 4) is 5.75 Å². The summed E-state index contributed by atoms with van der Waals surface area (Å²) in [6, 6.07) is 10.3. The first-order valence-corrected chi connectivity index (χ1v) is 7.25. The van der Waals surface area contributed by atoms with E-state index in [1.807, 2.05) is 6.07 Å². The molecule has 0 aromatic heterocycles. The van der Waals surface area contributed by atoms with E-state index in [1.165, 1.54) is 44.2 Å². The summed E-state index contributed by atoms with van der Waals surface area (Å²) >= 11 is 0. The van der Waals surface area contributed by atoms with Crippen molar-refractivity contribution < 1.29 is 4.74 Å². The monoisotopic (exact) mass is 245 g/mol. The van der Waals surface area contributed by atoms with Crippen LogP contribution < -0.4 is 4.74 Å². The fourth-order valence-electron chi connectivity index (χ4n) is 3.68. The molecule has 0 spiro atoms. The van der Waals surface area contributed by atoms with Gasteiger partial charge < -0.3 is 4.74 Å². The average Bonchev–Trinajstić information content (AvgIpc) is 2.64. The molecular weight excluding hydrogens is 222 g/mol. The van der Waals surface area contributed by atoms with E-state index in [4.69, 9.17) is 4.74 Å². The maximum atomic E-state index is 5.29. The average molecular weight is 245 g/mol. The van der Waals surface area contributed by atoms with Gasteiger partial charge in [-0.05, 0) is 49.8 Å². The van der Waals surface area contributed by atoms with Gasteiger partial charge in [0.1, 0.15) is 5.75 Å². The number of hydrogen-bond donors (Lipinski definition) is 0. The SMILES string of the molecule is COc1cccc(CCN2[C@@H]3CCC[C@H]2CC3)c1. The van der Waals surface area contributed by atoms with Gasteiger partial charge in [0, 0.05) is 18.6 Å². The smallest absolute Gasteiger partial charge is 0.119 e. The van der Waals surface area contributed by atoms with Crippen molar-refractivity contribution in [2.24, 2.45) is 0 Å². The number of ether oxygens (including phenoxy) is 1. The Bertz CT molecular complexity index is 388. The van der Waals surface area contributed by atoms with E-state index in [2.05, 4.69) is 23.1 Å². The Morgan fingerprint density at radius 1 is 1.17 bits per heavy atom. The van der Waals surface area contributed by atoms with Crippen LogP contribution in [0.5, 0.6) is 5.75 Å². The third-order valence-electron chi connectivity index (χ3n) is 4.64. The van der Waals surface area contributed by atoms with Crippen molar-refractivity contribution in [2.45, 2.75) is 50.6 Å². The molecule has 2 atom stereocenters. The molecule has 2 saturated heterocycles. The second-order valence-electron chi connectivity index (χ2n) is 5.66. The number of hydrogen-bond acceptors (Lipinski definition) is 2. The highest BCUT2D eigenvalue weighted by molar-refractivity contribution is 5.28. The van der Waals surface area contributed by atoms with E-state index in [1.54, 1.807) is 7.11 Å². The summed E-state index contributed by atoms with van der Waals surface area (Å²) in [5, 5.41) is 0. The molecule has 3 rings (SSSR count). The van der Waals surface area contributed by atoms with Crippen LogP contribution >= 0.6 is 0 Å². The predicted molar refractivity (Wildman–Crippen MR) is 74.1 cm³/mol. The Hall–Kier alpha value is -1.02. The van der Waals surface area contributed by atoms with E-state index in [0.717, 1.165) is 24.3 Å². The Kier molecular flexibility index (Phi) is 3.55. The van der Waals surface area contributed by atoms with Crippen LogP contribution in [0.15, 0.2) is 24.3 Å². The van der Waals surface area contributed by atoms with Gasteiger partial charge in [0.05, 0.1) is 7.11 Å². The zero-order valence-corrected chi connectivity index (χ0v) is 11.3. The van der Waals surface area contributed by atoms with Crippen molar-refractivity contribution in [1.82, 2.24) is 4.90 Å². The molecule has 1 aromatic rings. The molecule has 0 amide bonds. The number of fused-ring (bicyclic) bond motifs is 2. The molecule has 0 saturated carbocycles. The zero-order chi connectivity index (χ0) is 12.4. The highest BCUT2D eigenvalue weighted by atomic mass is 16.5. The summed E-state index contributed by atoms with van der Waals surface area (Å²) in [5.74, 6) is 0.981. The van der Waals surface area contributed by atoms with Gasteiger partial charge in [-0.15, -0.1) is 0 Å². The topological polar surface area (TPSA) is 12.5 Å². The lowest BCUT2D eigenvalue weighted by molar-refractivity contribution is 0.142. The van der Waals surface area contributed by atoms with Crippen molar-refractivity contribution >= 4 is 0 Å². The summed E-state index contributed by atoms with van der Waals surface area (Å²) in [6.45, 7) is 1.22. The van der Waals surface area contributed by atoms with Crippen LogP contribution in [0.3, 0.4) is 0 Å². The third-order valence-corrected chi connectivity index (χ3v) is 4.64. The molecule has 2 fully saturated rings. The quantitative estimate of drug-likeness (QED) is 0.807. The van der Waals surface area contributed by atoms with Crippen LogP contribution in [0.25, 0.3) is 0 Å². The molecule has 0 N–H and O–H groups in total. The van der Waals surface area contributed by atoms with Crippen LogP contribution in [0.1, 0.15) is 37.7 Å². The first-order valence-electron chi connectivity index (χ1n) is 7.25. The molecule has 2 bridgehead atoms. The van der Waals surface area contributed by atoms with Gasteiger partial charge >= 0.3 is 0 Å². The summed E-state index contributed by atoms with van der Waals surface area (Å²) in [7, 11) is 1.74. The molecule has 0 unspecified atom stereocenters. The molecule has 1 aromatic carbocycles. The van der Waals surface area contributed by atoms with Crippen molar-refractivity contribution in [1.29, 1.82) is 0 Å². The van der Waals surface area contributed by atoms with Gasteiger partial charge in [-0.2, -0.15) is 0 Å². The molecular formula is C16H23NO. The van der Waals surface area contributed by atoms with E-state index in [0.29, 0.717) is 0 Å². The molecule has 98 valence electrons. The minimum Gasteiger partial charge on any atom is -0.497 e. The zero-order valence-electron chi connectivity index (χ0n) is 11.3. The lowest BCUT2D eigenvalue weighted by atomic mass is 10.0. The Balaban J connectivity index is 1.60. The van der Waals surface area contributed by atoms with Gasteiger partial charge in [-0.3, -0.25) is 4.90 Å². The second-order valence-corrected chi connectivity index (χ2v) is 5.66. The lowest BCUT2D eigenvalue weighted by Gasteiger charge is -2.34. The fourth-order valence-corrected chi connectivity index (χ4v) is 3.68. The van der Waals surface area contributed by atoms with Crippen molar-refractivity contribution in [3.63, 3.8) is 0 Å². The number of benzene rings is 1. The Labute approximate surface area is 110 Å². The standard InChI is InChI=1S/C16H23NO/c1-18-16-7-2-4-13(12-16)10-11-17-14-5-3-6-15(17)9-8-14/h2,4,7,12,14-15H,3,5-6,8-11H2,1H3/t14-,15+. The summed E-state index contributed by atoms with van der Waals surface area (Å²) in [5.41, 5.74) is 1.40. The van der Waals surface area contributed by atoms with E-state index in [-0.39, 0.29) is 0 Å². The van der Waals surface area contributed by atoms with Gasteiger partial charge in [0.2, 0.25) is 0 Å². The van der Waals surface area contributed by atoms with Crippen molar-refractivity contribution in [3.05, 3.63) is 29.8 Å². The van der Waals surface area contributed by atoms with Gasteiger partial charge in [0.15, 0.2) is 0 Å². The van der Waals surface area contributed by atoms with E-state index in [9.17, 15) is 0 Å². The molecule has 2 aliphatic heterocycles. The fraction of sp³-hybridized carbons (Fsp3) is 0.625. The number of methoxy groups -OCH3 is 1. The van der Waals surface area contributed by atoms with Crippen LogP contribution in [-0.4, -0.2) is 30.6 Å². The molecule has 2 aliphatic rings. The van der Waals surface area contributed by atoms with E-state index < -0.39 is 0 Å². The second kappa shape index (κ2) is 5.31. The van der Waals surface area contributed by atoms with Crippen LogP contribution in [0, 0.1) is 0 Å². The first kappa shape index (κ1) is 12.0. The van der Waals surface area contributed by atoms with Crippen LogP contribution in [0.2, 0.25) is 0 Å². The van der Waals surface area contributed by atoms with Gasteiger partial charge in [-0.25, -0.2) is 0 Å². The van der Waals surface area contributed by atoms with Crippen molar-refractivity contribution in [2.75, 3.05) is 13.7 Å². The van der Waals surface area contributed by atoms with Crippen LogP contribution in [0.4, 0.5) is 0 Å². The van der Waals surface area contributed by atoms with Gasteiger partial charge in [0.25, 0.3) is 0 Å². The molecule has 2 heterocycles. The minimum absolute atomic E-state index is 0.884. The highest BCUT2D eigenvalue weighted by Crippen LogP contribution is 2.35.